The van der Waals surface area contributed by atoms with Crippen LogP contribution in [-0.4, -0.2) is 33.0 Å². The lowest BCUT2D eigenvalue weighted by Gasteiger charge is -2.34. The van der Waals surface area contributed by atoms with E-state index in [1.165, 1.54) is 24.6 Å². The molecule has 7 heteroatoms. The number of halogens is 1. The highest BCUT2D eigenvalue weighted by Crippen LogP contribution is 2.26. The average Bonchev–Trinajstić information content (AvgIpc) is 3.10. The van der Waals surface area contributed by atoms with E-state index in [1.54, 1.807) is 17.4 Å². The molecule has 1 unspecified atom stereocenters. The number of likely N-dealkylation sites (tertiary alicyclic amines) is 1. The first kappa shape index (κ1) is 18.5. The summed E-state index contributed by atoms with van der Waals surface area (Å²) in [4.78, 5) is 2.36. The molecule has 1 aliphatic rings. The zero-order valence-corrected chi connectivity index (χ0v) is 15.7. The van der Waals surface area contributed by atoms with Crippen molar-refractivity contribution in [3.8, 4) is 0 Å². The van der Waals surface area contributed by atoms with E-state index in [2.05, 4.69) is 21.1 Å². The third kappa shape index (κ3) is 5.34. The lowest BCUT2D eigenvalue weighted by Crippen LogP contribution is -2.40. The van der Waals surface area contributed by atoms with Crippen molar-refractivity contribution in [3.05, 3.63) is 58.0 Å². The first-order chi connectivity index (χ1) is 12.0. The van der Waals surface area contributed by atoms with Gasteiger partial charge in [0.15, 0.2) is 0 Å². The number of piperidine rings is 1. The predicted octanol–water partition coefficient (Wildman–Crippen LogP) is 3.53. The van der Waals surface area contributed by atoms with E-state index in [4.69, 9.17) is 0 Å². The second-order valence-corrected chi connectivity index (χ2v) is 8.99. The van der Waals surface area contributed by atoms with Gasteiger partial charge >= 0.3 is 0 Å². The summed E-state index contributed by atoms with van der Waals surface area (Å²) in [6.45, 7) is 2.33. The van der Waals surface area contributed by atoms with Gasteiger partial charge in [-0.2, -0.15) is 11.3 Å². The molecule has 0 spiro atoms. The van der Waals surface area contributed by atoms with Gasteiger partial charge in [-0.3, -0.25) is 4.90 Å². The first-order valence-electron chi connectivity index (χ1n) is 8.51. The van der Waals surface area contributed by atoms with Crippen LogP contribution in [0.4, 0.5) is 4.39 Å². The number of nitrogens with one attached hydrogen (secondary N) is 1. The first-order valence-corrected chi connectivity index (χ1v) is 11.1. The highest BCUT2D eigenvalue weighted by Gasteiger charge is 2.24. The van der Waals surface area contributed by atoms with E-state index >= 15 is 0 Å². The van der Waals surface area contributed by atoms with Crippen LogP contribution in [0.5, 0.6) is 0 Å². The topological polar surface area (TPSA) is 49.4 Å². The normalized spacial score (nSPS) is 17.5. The minimum absolute atomic E-state index is 0.0498. The van der Waals surface area contributed by atoms with Crippen molar-refractivity contribution >= 4 is 21.4 Å². The van der Waals surface area contributed by atoms with Crippen LogP contribution in [-0.2, 0) is 15.8 Å². The van der Waals surface area contributed by atoms with E-state index in [0.29, 0.717) is 12.1 Å². The van der Waals surface area contributed by atoms with Gasteiger partial charge in [-0.1, -0.05) is 18.6 Å². The number of hydrogen-bond acceptors (Lipinski definition) is 4. The van der Waals surface area contributed by atoms with Gasteiger partial charge < -0.3 is 0 Å². The Labute approximate surface area is 152 Å². The van der Waals surface area contributed by atoms with Gasteiger partial charge in [0.1, 0.15) is 5.82 Å². The Hall–Kier alpha value is -1.28. The third-order valence-electron chi connectivity index (χ3n) is 4.50. The standard InChI is InChI=1S/C18H23FN2O2S2/c19-17-6-4-5-15(11-17)14-25(22,23)20-12-18(16-7-10-24-13-16)21-8-2-1-3-9-21/h4-7,10-11,13,18,20H,1-3,8-9,12,14H2. The second kappa shape index (κ2) is 8.40. The van der Waals surface area contributed by atoms with Gasteiger partial charge in [0.05, 0.1) is 5.75 Å². The van der Waals surface area contributed by atoms with Gasteiger partial charge in [0, 0.05) is 12.6 Å². The molecule has 0 aliphatic carbocycles. The summed E-state index contributed by atoms with van der Waals surface area (Å²) in [7, 11) is -3.52. The van der Waals surface area contributed by atoms with Crippen molar-refractivity contribution in [1.82, 2.24) is 9.62 Å². The minimum atomic E-state index is -3.52. The monoisotopic (exact) mass is 382 g/mol. The third-order valence-corrected chi connectivity index (χ3v) is 6.52. The van der Waals surface area contributed by atoms with E-state index in [1.807, 2.05) is 5.38 Å². The minimum Gasteiger partial charge on any atom is -0.295 e. The van der Waals surface area contributed by atoms with E-state index in [9.17, 15) is 12.8 Å². The molecule has 0 radical (unpaired) electrons. The molecule has 1 N–H and O–H groups in total. The summed E-state index contributed by atoms with van der Waals surface area (Å²) in [5.74, 6) is -0.627. The molecule has 0 amide bonds. The van der Waals surface area contributed by atoms with Gasteiger partial charge in [0.25, 0.3) is 0 Å². The Bertz CT molecular complexity index is 772. The molecule has 25 heavy (non-hydrogen) atoms. The molecule has 0 bridgehead atoms. The highest BCUT2D eigenvalue weighted by molar-refractivity contribution is 7.88. The summed E-state index contributed by atoms with van der Waals surface area (Å²) in [5.41, 5.74) is 1.61. The summed E-state index contributed by atoms with van der Waals surface area (Å²) in [6, 6.07) is 7.84. The van der Waals surface area contributed by atoms with Crippen LogP contribution in [0.25, 0.3) is 0 Å². The molecule has 1 aromatic carbocycles. The lowest BCUT2D eigenvalue weighted by atomic mass is 10.0. The zero-order valence-electron chi connectivity index (χ0n) is 14.0. The van der Waals surface area contributed by atoms with Gasteiger partial charge in [-0.25, -0.2) is 17.5 Å². The average molecular weight is 383 g/mol. The fourth-order valence-electron chi connectivity index (χ4n) is 3.26. The van der Waals surface area contributed by atoms with Crippen molar-refractivity contribution in [2.45, 2.75) is 31.1 Å². The summed E-state index contributed by atoms with van der Waals surface area (Å²) in [6.07, 6.45) is 3.53. The molecule has 3 rings (SSSR count). The summed E-state index contributed by atoms with van der Waals surface area (Å²) in [5, 5.41) is 4.10. The number of benzene rings is 1. The zero-order chi connectivity index (χ0) is 17.7. The molecule has 2 aromatic rings. The maximum absolute atomic E-state index is 13.3. The van der Waals surface area contributed by atoms with Crippen LogP contribution in [0.15, 0.2) is 41.1 Å². The quantitative estimate of drug-likeness (QED) is 0.797. The fourth-order valence-corrected chi connectivity index (χ4v) is 5.09. The van der Waals surface area contributed by atoms with Crippen molar-refractivity contribution in [2.75, 3.05) is 19.6 Å². The molecule has 136 valence electrons. The van der Waals surface area contributed by atoms with Gasteiger partial charge in [-0.15, -0.1) is 0 Å². The number of hydrogen-bond donors (Lipinski definition) is 1. The molecular formula is C18H23FN2O2S2. The molecule has 1 saturated heterocycles. The Morgan fingerprint density at radius 1 is 1.20 bits per heavy atom. The van der Waals surface area contributed by atoms with Crippen LogP contribution in [0.2, 0.25) is 0 Å². The fraction of sp³-hybridized carbons (Fsp3) is 0.444. The molecule has 1 atom stereocenters. The van der Waals surface area contributed by atoms with E-state index in [0.717, 1.165) is 31.5 Å². The molecule has 0 saturated carbocycles. The summed E-state index contributed by atoms with van der Waals surface area (Å²) < 4.78 is 40.8. The molecule has 4 nitrogen and oxygen atoms in total. The van der Waals surface area contributed by atoms with Gasteiger partial charge in [0.2, 0.25) is 10.0 Å². The highest BCUT2D eigenvalue weighted by atomic mass is 32.2. The maximum Gasteiger partial charge on any atom is 0.215 e. The van der Waals surface area contributed by atoms with Crippen molar-refractivity contribution in [2.24, 2.45) is 0 Å². The Morgan fingerprint density at radius 2 is 2.00 bits per heavy atom. The molecular weight excluding hydrogens is 359 g/mol. The largest absolute Gasteiger partial charge is 0.295 e. The lowest BCUT2D eigenvalue weighted by molar-refractivity contribution is 0.165. The van der Waals surface area contributed by atoms with E-state index in [-0.39, 0.29) is 11.8 Å². The van der Waals surface area contributed by atoms with Crippen LogP contribution in [0.1, 0.15) is 36.4 Å². The summed E-state index contributed by atoms with van der Waals surface area (Å²) >= 11 is 1.62. The Morgan fingerprint density at radius 3 is 2.68 bits per heavy atom. The SMILES string of the molecule is O=S(=O)(Cc1cccc(F)c1)NCC(c1ccsc1)N1CCCCC1. The van der Waals surface area contributed by atoms with Crippen molar-refractivity contribution in [3.63, 3.8) is 0 Å². The van der Waals surface area contributed by atoms with Crippen LogP contribution < -0.4 is 4.72 Å². The van der Waals surface area contributed by atoms with Crippen LogP contribution >= 0.6 is 11.3 Å². The van der Waals surface area contributed by atoms with E-state index < -0.39 is 15.8 Å². The molecule has 1 aliphatic heterocycles. The van der Waals surface area contributed by atoms with Gasteiger partial charge in [-0.05, 0) is 66.0 Å². The Balaban J connectivity index is 1.67. The van der Waals surface area contributed by atoms with Crippen molar-refractivity contribution in [1.29, 1.82) is 0 Å². The maximum atomic E-state index is 13.3. The second-order valence-electron chi connectivity index (χ2n) is 6.41. The smallest absolute Gasteiger partial charge is 0.215 e. The number of sulfonamides is 1. The molecule has 2 heterocycles. The Kier molecular flexibility index (Phi) is 6.22. The predicted molar refractivity (Wildman–Crippen MR) is 99.5 cm³/mol. The molecule has 1 fully saturated rings. The van der Waals surface area contributed by atoms with Crippen LogP contribution in [0.3, 0.4) is 0 Å². The molecule has 1 aromatic heterocycles. The number of nitrogens with zero attached hydrogens (tertiary/aromatic N) is 1. The number of rotatable bonds is 7. The number of thiophene rings is 1. The van der Waals surface area contributed by atoms with Crippen molar-refractivity contribution < 1.29 is 12.8 Å². The van der Waals surface area contributed by atoms with Crippen LogP contribution in [0, 0.1) is 5.82 Å².